The van der Waals surface area contributed by atoms with E-state index in [1.54, 1.807) is 39.2 Å². The SMILES string of the molecule is CC(C)(C)C(=O)C(O)c1cc[nH]c1. The molecule has 1 rings (SSSR count). The average Bonchev–Trinajstić information content (AvgIpc) is 2.51. The van der Waals surface area contributed by atoms with Crippen LogP contribution < -0.4 is 0 Å². The number of hydrogen-bond acceptors (Lipinski definition) is 2. The molecule has 0 spiro atoms. The molecule has 1 unspecified atom stereocenters. The molecule has 3 heteroatoms. The summed E-state index contributed by atoms with van der Waals surface area (Å²) >= 11 is 0. The Balaban J connectivity index is 2.81. The van der Waals surface area contributed by atoms with E-state index in [1.165, 1.54) is 0 Å². The van der Waals surface area contributed by atoms with Crippen LogP contribution in [0.1, 0.15) is 32.4 Å². The topological polar surface area (TPSA) is 53.1 Å². The lowest BCUT2D eigenvalue weighted by molar-refractivity contribution is -0.135. The lowest BCUT2D eigenvalue weighted by atomic mass is 9.86. The molecule has 1 heterocycles. The summed E-state index contributed by atoms with van der Waals surface area (Å²) in [5, 5.41) is 9.64. The Bertz CT molecular complexity index is 282. The molecule has 0 aliphatic heterocycles. The summed E-state index contributed by atoms with van der Waals surface area (Å²) < 4.78 is 0. The predicted molar refractivity (Wildman–Crippen MR) is 50.2 cm³/mol. The number of aromatic amines is 1. The maximum Gasteiger partial charge on any atom is 0.171 e. The lowest BCUT2D eigenvalue weighted by Gasteiger charge is -2.20. The van der Waals surface area contributed by atoms with Gasteiger partial charge in [-0.3, -0.25) is 4.79 Å². The van der Waals surface area contributed by atoms with Gasteiger partial charge in [-0.05, 0) is 6.07 Å². The Morgan fingerprint density at radius 3 is 2.54 bits per heavy atom. The Morgan fingerprint density at radius 2 is 2.15 bits per heavy atom. The number of Topliss-reactive ketones (excluding diaryl/α,β-unsaturated/α-hetero) is 1. The second-order valence-corrected chi connectivity index (χ2v) is 4.16. The number of aliphatic hydroxyl groups excluding tert-OH is 1. The number of ketones is 1. The zero-order chi connectivity index (χ0) is 10.1. The molecule has 2 N–H and O–H groups in total. The molecule has 0 radical (unpaired) electrons. The standard InChI is InChI=1S/C10H15NO2/c1-10(2,3)9(13)8(12)7-4-5-11-6-7/h4-6,8,11-12H,1-3H3. The minimum Gasteiger partial charge on any atom is -0.380 e. The highest BCUT2D eigenvalue weighted by Crippen LogP contribution is 2.24. The summed E-state index contributed by atoms with van der Waals surface area (Å²) in [4.78, 5) is 14.4. The fourth-order valence-corrected chi connectivity index (χ4v) is 1.07. The number of hydrogen-bond donors (Lipinski definition) is 2. The molecule has 0 aromatic carbocycles. The van der Waals surface area contributed by atoms with Crippen molar-refractivity contribution in [2.75, 3.05) is 0 Å². The molecule has 3 nitrogen and oxygen atoms in total. The van der Waals surface area contributed by atoms with E-state index >= 15 is 0 Å². The van der Waals surface area contributed by atoms with E-state index in [9.17, 15) is 9.90 Å². The Hall–Kier alpha value is -1.09. The van der Waals surface area contributed by atoms with Gasteiger partial charge in [0.25, 0.3) is 0 Å². The fourth-order valence-electron chi connectivity index (χ4n) is 1.07. The maximum atomic E-state index is 11.6. The van der Waals surface area contributed by atoms with Gasteiger partial charge >= 0.3 is 0 Å². The van der Waals surface area contributed by atoms with Crippen LogP contribution in [0.2, 0.25) is 0 Å². The quantitative estimate of drug-likeness (QED) is 0.729. The number of rotatable bonds is 2. The van der Waals surface area contributed by atoms with Gasteiger partial charge in [-0.15, -0.1) is 0 Å². The smallest absolute Gasteiger partial charge is 0.171 e. The van der Waals surface area contributed by atoms with Gasteiger partial charge in [0, 0.05) is 23.4 Å². The summed E-state index contributed by atoms with van der Waals surface area (Å²) in [6, 6.07) is 1.70. The molecule has 0 saturated heterocycles. The monoisotopic (exact) mass is 181 g/mol. The largest absolute Gasteiger partial charge is 0.380 e. The zero-order valence-electron chi connectivity index (χ0n) is 8.16. The van der Waals surface area contributed by atoms with E-state index in [2.05, 4.69) is 4.98 Å². The van der Waals surface area contributed by atoms with Crippen molar-refractivity contribution in [3.05, 3.63) is 24.0 Å². The predicted octanol–water partition coefficient (Wildman–Crippen LogP) is 1.66. The molecule has 0 saturated carbocycles. The van der Waals surface area contributed by atoms with Gasteiger partial charge in [-0.2, -0.15) is 0 Å². The summed E-state index contributed by atoms with van der Waals surface area (Å²) in [5.74, 6) is -0.160. The normalized spacial score (nSPS) is 14.2. The molecule has 1 atom stereocenters. The van der Waals surface area contributed by atoms with Gasteiger partial charge in [0.1, 0.15) is 6.10 Å². The second kappa shape index (κ2) is 3.34. The molecular weight excluding hydrogens is 166 g/mol. The number of carbonyl (C=O) groups excluding carboxylic acids is 1. The highest BCUT2D eigenvalue weighted by atomic mass is 16.3. The number of nitrogens with one attached hydrogen (secondary N) is 1. The first kappa shape index (κ1) is 9.99. The first-order chi connectivity index (χ1) is 5.93. The van der Waals surface area contributed by atoms with E-state index in [-0.39, 0.29) is 5.78 Å². The van der Waals surface area contributed by atoms with Crippen LogP contribution in [0.5, 0.6) is 0 Å². The minimum atomic E-state index is -1.01. The van der Waals surface area contributed by atoms with E-state index in [1.807, 2.05) is 0 Å². The summed E-state index contributed by atoms with van der Waals surface area (Å²) in [5.41, 5.74) is 0.122. The Morgan fingerprint density at radius 1 is 1.54 bits per heavy atom. The van der Waals surface area contributed by atoms with E-state index in [0.717, 1.165) is 0 Å². The van der Waals surface area contributed by atoms with Crippen molar-refractivity contribution in [3.8, 4) is 0 Å². The number of carbonyl (C=O) groups is 1. The van der Waals surface area contributed by atoms with Crippen molar-refractivity contribution in [2.45, 2.75) is 26.9 Å². The minimum absolute atomic E-state index is 0.160. The van der Waals surface area contributed by atoms with Crippen LogP contribution in [-0.4, -0.2) is 15.9 Å². The Kier molecular flexibility index (Phi) is 2.57. The van der Waals surface area contributed by atoms with E-state index in [4.69, 9.17) is 0 Å². The van der Waals surface area contributed by atoms with Crippen molar-refractivity contribution in [3.63, 3.8) is 0 Å². The van der Waals surface area contributed by atoms with Crippen LogP contribution in [0.15, 0.2) is 18.5 Å². The second-order valence-electron chi connectivity index (χ2n) is 4.16. The number of H-pyrrole nitrogens is 1. The summed E-state index contributed by atoms with van der Waals surface area (Å²) in [6.45, 7) is 5.39. The average molecular weight is 181 g/mol. The first-order valence-corrected chi connectivity index (χ1v) is 4.28. The molecule has 13 heavy (non-hydrogen) atoms. The highest BCUT2D eigenvalue weighted by molar-refractivity contribution is 5.88. The number of aliphatic hydroxyl groups is 1. The molecule has 0 bridgehead atoms. The van der Waals surface area contributed by atoms with Crippen molar-refractivity contribution in [2.24, 2.45) is 5.41 Å². The highest BCUT2D eigenvalue weighted by Gasteiger charge is 2.29. The third-order valence-corrected chi connectivity index (χ3v) is 1.93. The molecule has 0 aliphatic rings. The van der Waals surface area contributed by atoms with Crippen LogP contribution in [0, 0.1) is 5.41 Å². The maximum absolute atomic E-state index is 11.6. The summed E-state index contributed by atoms with van der Waals surface area (Å²) in [6.07, 6.45) is 2.31. The molecule has 0 fully saturated rings. The third-order valence-electron chi connectivity index (χ3n) is 1.93. The van der Waals surface area contributed by atoms with Gasteiger partial charge in [-0.1, -0.05) is 20.8 Å². The van der Waals surface area contributed by atoms with E-state index < -0.39 is 11.5 Å². The van der Waals surface area contributed by atoms with Crippen molar-refractivity contribution >= 4 is 5.78 Å². The van der Waals surface area contributed by atoms with Crippen molar-refractivity contribution < 1.29 is 9.90 Å². The molecule has 0 aliphatic carbocycles. The molecule has 1 aromatic heterocycles. The molecular formula is C10H15NO2. The van der Waals surface area contributed by atoms with Crippen molar-refractivity contribution in [1.29, 1.82) is 0 Å². The van der Waals surface area contributed by atoms with Crippen LogP contribution in [-0.2, 0) is 4.79 Å². The van der Waals surface area contributed by atoms with Crippen LogP contribution >= 0.6 is 0 Å². The molecule has 0 amide bonds. The fraction of sp³-hybridized carbons (Fsp3) is 0.500. The molecule has 72 valence electrons. The van der Waals surface area contributed by atoms with Gasteiger partial charge in [0.2, 0.25) is 0 Å². The molecule has 1 aromatic rings. The van der Waals surface area contributed by atoms with Gasteiger partial charge in [-0.25, -0.2) is 0 Å². The van der Waals surface area contributed by atoms with E-state index in [0.29, 0.717) is 5.56 Å². The third kappa shape index (κ3) is 2.18. The van der Waals surface area contributed by atoms with Crippen LogP contribution in [0.25, 0.3) is 0 Å². The van der Waals surface area contributed by atoms with Gasteiger partial charge in [0.05, 0.1) is 0 Å². The lowest BCUT2D eigenvalue weighted by Crippen LogP contribution is -2.26. The van der Waals surface area contributed by atoms with Crippen LogP contribution in [0.3, 0.4) is 0 Å². The zero-order valence-corrected chi connectivity index (χ0v) is 8.16. The van der Waals surface area contributed by atoms with Gasteiger partial charge in [0.15, 0.2) is 5.78 Å². The van der Waals surface area contributed by atoms with Crippen LogP contribution in [0.4, 0.5) is 0 Å². The number of aromatic nitrogens is 1. The van der Waals surface area contributed by atoms with Crippen molar-refractivity contribution in [1.82, 2.24) is 4.98 Å². The Labute approximate surface area is 77.8 Å². The first-order valence-electron chi connectivity index (χ1n) is 4.28. The van der Waals surface area contributed by atoms with Gasteiger partial charge < -0.3 is 10.1 Å². The summed E-state index contributed by atoms with van der Waals surface area (Å²) in [7, 11) is 0.